The van der Waals surface area contributed by atoms with Gasteiger partial charge in [-0.05, 0) is 13.0 Å². The predicted molar refractivity (Wildman–Crippen MR) is 37.3 cm³/mol. The summed E-state index contributed by atoms with van der Waals surface area (Å²) in [6.45, 7) is -1.60. The van der Waals surface area contributed by atoms with Crippen molar-refractivity contribution in [2.45, 2.75) is 18.8 Å². The summed E-state index contributed by atoms with van der Waals surface area (Å²) in [6, 6.07) is 0. The third-order valence-electron chi connectivity index (χ3n) is 1.45. The van der Waals surface area contributed by atoms with Crippen molar-refractivity contribution in [3.63, 3.8) is 0 Å². The first-order valence-corrected chi connectivity index (χ1v) is 3.38. The number of hydrogen-bond acceptors (Lipinski definition) is 1. The molecular formula is C7H7F5O2. The van der Waals surface area contributed by atoms with Crippen molar-refractivity contribution in [1.29, 1.82) is 0 Å². The Morgan fingerprint density at radius 3 is 2.00 bits per heavy atom. The van der Waals surface area contributed by atoms with Gasteiger partial charge < -0.3 is 5.11 Å². The van der Waals surface area contributed by atoms with E-state index in [9.17, 15) is 26.7 Å². The Morgan fingerprint density at radius 2 is 1.79 bits per heavy atom. The monoisotopic (exact) mass is 218 g/mol. The summed E-state index contributed by atoms with van der Waals surface area (Å²) in [4.78, 5) is 10.1. The highest BCUT2D eigenvalue weighted by atomic mass is 19.4. The molecule has 2 nitrogen and oxygen atoms in total. The molecule has 82 valence electrons. The van der Waals surface area contributed by atoms with Gasteiger partial charge in [-0.25, -0.2) is 13.6 Å². The van der Waals surface area contributed by atoms with E-state index in [1.54, 1.807) is 0 Å². The molecule has 0 aliphatic carbocycles. The quantitative estimate of drug-likeness (QED) is 0.582. The third-order valence-corrected chi connectivity index (χ3v) is 1.45. The van der Waals surface area contributed by atoms with Gasteiger partial charge in [0.15, 0.2) is 0 Å². The second-order valence-corrected chi connectivity index (χ2v) is 2.63. The number of alkyl halides is 5. The van der Waals surface area contributed by atoms with Gasteiger partial charge in [0.2, 0.25) is 0 Å². The molecule has 0 saturated carbocycles. The van der Waals surface area contributed by atoms with Crippen LogP contribution in [0, 0.1) is 0 Å². The van der Waals surface area contributed by atoms with Gasteiger partial charge >= 0.3 is 12.1 Å². The zero-order valence-electron chi connectivity index (χ0n) is 7.03. The number of halogens is 5. The van der Waals surface area contributed by atoms with Crippen LogP contribution in [-0.2, 0) is 4.79 Å². The smallest absolute Gasteiger partial charge is 0.428 e. The van der Waals surface area contributed by atoms with Crippen LogP contribution in [0.1, 0.15) is 6.92 Å². The first kappa shape index (κ1) is 12.9. The maximum absolute atomic E-state index is 12.8. The van der Waals surface area contributed by atoms with Crippen LogP contribution in [0.25, 0.3) is 0 Å². The Balaban J connectivity index is 5.09. The van der Waals surface area contributed by atoms with Gasteiger partial charge in [0.25, 0.3) is 5.67 Å². The summed E-state index contributed by atoms with van der Waals surface area (Å²) in [5, 5.41) is 8.18. The van der Waals surface area contributed by atoms with E-state index in [0.717, 1.165) is 6.92 Å². The largest absolute Gasteiger partial charge is 0.478 e. The van der Waals surface area contributed by atoms with Gasteiger partial charge in [-0.2, -0.15) is 13.2 Å². The maximum Gasteiger partial charge on any atom is 0.428 e. The van der Waals surface area contributed by atoms with E-state index in [4.69, 9.17) is 5.11 Å². The number of carboxylic acid groups (broad SMARTS) is 1. The van der Waals surface area contributed by atoms with E-state index in [-0.39, 0.29) is 6.08 Å². The lowest BCUT2D eigenvalue weighted by molar-refractivity contribution is -0.216. The van der Waals surface area contributed by atoms with Gasteiger partial charge in [0.05, 0.1) is 0 Å². The Labute approximate surface area is 76.0 Å². The van der Waals surface area contributed by atoms with Crippen LogP contribution in [-0.4, -0.2) is 29.6 Å². The fraction of sp³-hybridized carbons (Fsp3) is 0.571. The van der Waals surface area contributed by atoms with Gasteiger partial charge in [-0.3, -0.25) is 0 Å². The highest BCUT2D eigenvalue weighted by molar-refractivity contribution is 5.86. The second kappa shape index (κ2) is 3.93. The number of carboxylic acids is 1. The maximum atomic E-state index is 12.8. The number of aliphatic carboxylic acids is 1. The molecule has 0 bridgehead atoms. The SMILES string of the molecule is CC(=CC(F)(CF)C(F)(F)F)C(=O)O. The standard InChI is InChI=1S/C7H7F5O2/c1-4(5(13)14)2-6(9,3-8)7(10,11)12/h2H,3H2,1H3,(H,13,14). The van der Waals surface area contributed by atoms with Gasteiger partial charge in [0, 0.05) is 5.57 Å². The molecule has 0 aliphatic heterocycles. The Bertz CT molecular complexity index is 257. The van der Waals surface area contributed by atoms with Crippen molar-refractivity contribution in [2.75, 3.05) is 6.67 Å². The number of allylic oxidation sites excluding steroid dienone is 1. The molecule has 7 heteroatoms. The average molecular weight is 218 g/mol. The summed E-state index contributed by atoms with van der Waals surface area (Å²) < 4.78 is 60.3. The summed E-state index contributed by atoms with van der Waals surface area (Å²) in [7, 11) is 0. The molecule has 0 heterocycles. The molecule has 1 unspecified atom stereocenters. The van der Waals surface area contributed by atoms with Crippen molar-refractivity contribution in [3.05, 3.63) is 11.6 Å². The Kier molecular flexibility index (Phi) is 3.61. The molecule has 0 aromatic carbocycles. The molecule has 1 atom stereocenters. The molecular weight excluding hydrogens is 211 g/mol. The van der Waals surface area contributed by atoms with Crippen LogP contribution < -0.4 is 0 Å². The summed E-state index contributed by atoms with van der Waals surface area (Å²) in [6.07, 6.45) is -5.74. The van der Waals surface area contributed by atoms with E-state index >= 15 is 0 Å². The minimum atomic E-state index is -5.46. The molecule has 0 spiro atoms. The van der Waals surface area contributed by atoms with Crippen LogP contribution in [0.3, 0.4) is 0 Å². The molecule has 0 saturated heterocycles. The zero-order valence-corrected chi connectivity index (χ0v) is 7.03. The van der Waals surface area contributed by atoms with Crippen LogP contribution in [0.15, 0.2) is 11.6 Å². The van der Waals surface area contributed by atoms with Crippen molar-refractivity contribution in [2.24, 2.45) is 0 Å². The minimum absolute atomic E-state index is 0.282. The molecule has 0 aliphatic rings. The molecule has 0 aromatic heterocycles. The predicted octanol–water partition coefficient (Wildman–Crippen LogP) is 2.26. The lowest BCUT2D eigenvalue weighted by Gasteiger charge is -2.21. The number of carbonyl (C=O) groups is 1. The second-order valence-electron chi connectivity index (χ2n) is 2.63. The van der Waals surface area contributed by atoms with Crippen LogP contribution in [0.2, 0.25) is 0 Å². The van der Waals surface area contributed by atoms with Crippen LogP contribution in [0.5, 0.6) is 0 Å². The topological polar surface area (TPSA) is 37.3 Å². The highest BCUT2D eigenvalue weighted by Crippen LogP contribution is 2.36. The lowest BCUT2D eigenvalue weighted by atomic mass is 10.0. The van der Waals surface area contributed by atoms with E-state index in [1.165, 1.54) is 0 Å². The van der Waals surface area contributed by atoms with Crippen molar-refractivity contribution < 1.29 is 31.9 Å². The summed E-state index contributed by atoms with van der Waals surface area (Å²) in [5.74, 6) is -1.73. The molecule has 14 heavy (non-hydrogen) atoms. The van der Waals surface area contributed by atoms with Gasteiger partial charge in [-0.15, -0.1) is 0 Å². The first-order chi connectivity index (χ1) is 6.14. The van der Waals surface area contributed by atoms with Crippen LogP contribution >= 0.6 is 0 Å². The molecule has 0 rings (SSSR count). The van der Waals surface area contributed by atoms with Crippen LogP contribution in [0.4, 0.5) is 22.0 Å². The Morgan fingerprint density at radius 1 is 1.36 bits per heavy atom. The van der Waals surface area contributed by atoms with E-state index < -0.39 is 30.1 Å². The summed E-state index contributed by atoms with van der Waals surface area (Å²) >= 11 is 0. The minimum Gasteiger partial charge on any atom is -0.478 e. The van der Waals surface area contributed by atoms with E-state index in [1.807, 2.05) is 0 Å². The third kappa shape index (κ3) is 2.68. The van der Waals surface area contributed by atoms with Crippen molar-refractivity contribution in [3.8, 4) is 0 Å². The average Bonchev–Trinajstić information content (AvgIpc) is 2.01. The van der Waals surface area contributed by atoms with Crippen molar-refractivity contribution in [1.82, 2.24) is 0 Å². The fourth-order valence-corrected chi connectivity index (χ4v) is 0.601. The van der Waals surface area contributed by atoms with Gasteiger partial charge in [-0.1, -0.05) is 0 Å². The van der Waals surface area contributed by atoms with Gasteiger partial charge in [0.1, 0.15) is 6.67 Å². The number of hydrogen-bond donors (Lipinski definition) is 1. The normalized spacial score (nSPS) is 17.7. The number of rotatable bonds is 3. The molecule has 1 N–H and O–H groups in total. The molecule has 0 fully saturated rings. The summed E-state index contributed by atoms with van der Waals surface area (Å²) in [5.41, 5.74) is -5.13. The zero-order chi connectivity index (χ0) is 11.6. The molecule has 0 radical (unpaired) electrons. The lowest BCUT2D eigenvalue weighted by Crippen LogP contribution is -2.41. The Hall–Kier alpha value is -1.14. The fourth-order valence-electron chi connectivity index (χ4n) is 0.601. The molecule has 0 aromatic rings. The van der Waals surface area contributed by atoms with Crippen molar-refractivity contribution >= 4 is 5.97 Å². The van der Waals surface area contributed by atoms with E-state index in [0.29, 0.717) is 0 Å². The first-order valence-electron chi connectivity index (χ1n) is 3.38. The molecule has 0 amide bonds. The highest BCUT2D eigenvalue weighted by Gasteiger charge is 2.55. The van der Waals surface area contributed by atoms with E-state index in [2.05, 4.69) is 0 Å².